The molecule has 1 heterocycles. The zero-order valence-corrected chi connectivity index (χ0v) is 15.0. The van der Waals surface area contributed by atoms with Gasteiger partial charge in [-0.3, -0.25) is 4.79 Å². The second-order valence-electron chi connectivity index (χ2n) is 7.65. The molecule has 1 aromatic rings. The van der Waals surface area contributed by atoms with Crippen molar-refractivity contribution in [2.24, 2.45) is 5.73 Å². The molecule has 0 atom stereocenters. The van der Waals surface area contributed by atoms with Crippen molar-refractivity contribution in [3.63, 3.8) is 0 Å². The number of thiophene rings is 1. The van der Waals surface area contributed by atoms with Gasteiger partial charge < -0.3 is 10.8 Å². The first-order valence-corrected chi connectivity index (χ1v) is 8.37. The summed E-state index contributed by atoms with van der Waals surface area (Å²) in [6, 6.07) is 0. The van der Waals surface area contributed by atoms with Crippen LogP contribution in [-0.4, -0.2) is 17.6 Å². The number of hydrogen-bond acceptors (Lipinski definition) is 3. The number of hydrogen-bond donors (Lipinski definition) is 2. The zero-order chi connectivity index (χ0) is 16.4. The Morgan fingerprint density at radius 2 is 1.43 bits per heavy atom. The first-order valence-electron chi connectivity index (χ1n) is 7.55. The van der Waals surface area contributed by atoms with Gasteiger partial charge in [0.15, 0.2) is 0 Å². The Morgan fingerprint density at radius 1 is 1.00 bits per heavy atom. The molecule has 1 aromatic heterocycles. The van der Waals surface area contributed by atoms with E-state index in [1.165, 1.54) is 20.9 Å². The van der Waals surface area contributed by atoms with E-state index in [2.05, 4.69) is 41.5 Å². The lowest BCUT2D eigenvalue weighted by Crippen LogP contribution is -2.16. The van der Waals surface area contributed by atoms with Crippen LogP contribution in [0.5, 0.6) is 0 Å². The fourth-order valence-electron chi connectivity index (χ4n) is 2.62. The van der Waals surface area contributed by atoms with Crippen molar-refractivity contribution in [2.75, 3.05) is 6.54 Å². The minimum absolute atomic E-state index is 0.0331. The molecule has 0 unspecified atom stereocenters. The van der Waals surface area contributed by atoms with Gasteiger partial charge in [-0.05, 0) is 41.3 Å². The lowest BCUT2D eigenvalue weighted by Gasteiger charge is -2.19. The van der Waals surface area contributed by atoms with Gasteiger partial charge in [-0.15, -0.1) is 11.3 Å². The highest BCUT2D eigenvalue weighted by Gasteiger charge is 2.30. The SMILES string of the molecule is CC(C)(C)c1sc(C(C)(C)C)c(CCC(=O)O)c1CCN. The molecule has 120 valence electrons. The maximum atomic E-state index is 11.0. The average Bonchev–Trinajstić information content (AvgIpc) is 2.65. The zero-order valence-electron chi connectivity index (χ0n) is 14.2. The second kappa shape index (κ2) is 6.49. The molecule has 0 aromatic carbocycles. The molecule has 0 radical (unpaired) electrons. The van der Waals surface area contributed by atoms with E-state index in [0.717, 1.165) is 6.42 Å². The Hall–Kier alpha value is -0.870. The predicted molar refractivity (Wildman–Crippen MR) is 90.4 cm³/mol. The Labute approximate surface area is 132 Å². The molecule has 3 N–H and O–H groups in total. The fourth-order valence-corrected chi connectivity index (χ4v) is 4.13. The monoisotopic (exact) mass is 311 g/mol. The molecule has 3 nitrogen and oxygen atoms in total. The second-order valence-corrected chi connectivity index (χ2v) is 8.67. The number of carbonyl (C=O) groups is 1. The van der Waals surface area contributed by atoms with Gasteiger partial charge in [0, 0.05) is 16.2 Å². The van der Waals surface area contributed by atoms with E-state index in [0.29, 0.717) is 13.0 Å². The van der Waals surface area contributed by atoms with E-state index in [4.69, 9.17) is 10.8 Å². The molecule has 0 saturated carbocycles. The van der Waals surface area contributed by atoms with Crippen molar-refractivity contribution < 1.29 is 9.90 Å². The van der Waals surface area contributed by atoms with Crippen molar-refractivity contribution in [1.29, 1.82) is 0 Å². The summed E-state index contributed by atoms with van der Waals surface area (Å²) in [7, 11) is 0. The van der Waals surface area contributed by atoms with Crippen LogP contribution in [0.3, 0.4) is 0 Å². The maximum absolute atomic E-state index is 11.0. The predicted octanol–water partition coefficient (Wildman–Crippen LogP) is 3.86. The summed E-state index contributed by atoms with van der Waals surface area (Å²) in [5, 5.41) is 9.03. The molecule has 0 aliphatic heterocycles. The van der Waals surface area contributed by atoms with Crippen LogP contribution in [0.25, 0.3) is 0 Å². The lowest BCUT2D eigenvalue weighted by molar-refractivity contribution is -0.136. The largest absolute Gasteiger partial charge is 0.481 e. The molecule has 0 spiro atoms. The molecule has 21 heavy (non-hydrogen) atoms. The summed E-state index contributed by atoms with van der Waals surface area (Å²) in [5.74, 6) is -0.739. The Balaban J connectivity index is 3.45. The van der Waals surface area contributed by atoms with Crippen LogP contribution in [0.1, 0.15) is 68.8 Å². The first kappa shape index (κ1) is 18.2. The quantitative estimate of drug-likeness (QED) is 0.868. The van der Waals surface area contributed by atoms with E-state index < -0.39 is 5.97 Å². The standard InChI is InChI=1S/C17H29NO2S/c1-16(2,3)14-11(7-8-13(19)20)12(9-10-18)15(21-14)17(4,5)6/h7-10,18H2,1-6H3,(H,19,20). The summed E-state index contributed by atoms with van der Waals surface area (Å²) in [6.07, 6.45) is 1.61. The number of nitrogens with two attached hydrogens (primary N) is 1. The number of carboxylic acids is 1. The van der Waals surface area contributed by atoms with Gasteiger partial charge in [0.1, 0.15) is 0 Å². The Morgan fingerprint density at radius 3 is 1.76 bits per heavy atom. The molecule has 0 saturated heterocycles. The van der Waals surface area contributed by atoms with Crippen LogP contribution in [-0.2, 0) is 28.5 Å². The molecule has 0 fully saturated rings. The van der Waals surface area contributed by atoms with E-state index in [9.17, 15) is 4.79 Å². The van der Waals surface area contributed by atoms with Crippen molar-refractivity contribution in [3.8, 4) is 0 Å². The molecule has 4 heteroatoms. The third-order valence-corrected chi connectivity index (χ3v) is 5.59. The highest BCUT2D eigenvalue weighted by Crippen LogP contribution is 2.43. The molecule has 0 aliphatic rings. The lowest BCUT2D eigenvalue weighted by atomic mass is 9.84. The average molecular weight is 311 g/mol. The van der Waals surface area contributed by atoms with Crippen molar-refractivity contribution in [2.45, 2.75) is 71.6 Å². The summed E-state index contributed by atoms with van der Waals surface area (Å²) in [5.41, 5.74) is 8.42. The molecule has 0 aliphatic carbocycles. The van der Waals surface area contributed by atoms with Gasteiger partial charge in [0.25, 0.3) is 0 Å². The highest BCUT2D eigenvalue weighted by molar-refractivity contribution is 7.12. The van der Waals surface area contributed by atoms with Crippen LogP contribution >= 0.6 is 11.3 Å². The molecule has 1 rings (SSSR count). The van der Waals surface area contributed by atoms with Crippen molar-refractivity contribution in [1.82, 2.24) is 0 Å². The van der Waals surface area contributed by atoms with Crippen LogP contribution in [0.2, 0.25) is 0 Å². The van der Waals surface area contributed by atoms with Gasteiger partial charge in [-0.2, -0.15) is 0 Å². The Kier molecular flexibility index (Phi) is 5.62. The third kappa shape index (κ3) is 4.55. The van der Waals surface area contributed by atoms with Gasteiger partial charge in [0.05, 0.1) is 0 Å². The maximum Gasteiger partial charge on any atom is 0.303 e. The normalized spacial score (nSPS) is 12.7. The van der Waals surface area contributed by atoms with Crippen molar-refractivity contribution in [3.05, 3.63) is 20.9 Å². The summed E-state index contributed by atoms with van der Waals surface area (Å²) in [4.78, 5) is 13.7. The number of carboxylic acid groups (broad SMARTS) is 1. The summed E-state index contributed by atoms with van der Waals surface area (Å²) >= 11 is 1.84. The van der Waals surface area contributed by atoms with E-state index in [-0.39, 0.29) is 17.3 Å². The van der Waals surface area contributed by atoms with Gasteiger partial charge in [0.2, 0.25) is 0 Å². The van der Waals surface area contributed by atoms with Crippen LogP contribution in [0.4, 0.5) is 0 Å². The highest BCUT2D eigenvalue weighted by atomic mass is 32.1. The summed E-state index contributed by atoms with van der Waals surface area (Å²) in [6.45, 7) is 13.8. The van der Waals surface area contributed by atoms with Crippen LogP contribution in [0, 0.1) is 0 Å². The molecule has 0 bridgehead atoms. The van der Waals surface area contributed by atoms with Crippen LogP contribution < -0.4 is 5.73 Å². The number of rotatable bonds is 5. The fraction of sp³-hybridized carbons (Fsp3) is 0.706. The Bertz CT molecular complexity index is 504. The number of aliphatic carboxylic acids is 1. The topological polar surface area (TPSA) is 63.3 Å². The molecular weight excluding hydrogens is 282 g/mol. The molecular formula is C17H29NO2S. The third-order valence-electron chi connectivity index (χ3n) is 3.46. The van der Waals surface area contributed by atoms with E-state index in [1.54, 1.807) is 0 Å². The van der Waals surface area contributed by atoms with Gasteiger partial charge in [-0.25, -0.2) is 0 Å². The van der Waals surface area contributed by atoms with E-state index >= 15 is 0 Å². The van der Waals surface area contributed by atoms with E-state index in [1.807, 2.05) is 11.3 Å². The minimum Gasteiger partial charge on any atom is -0.481 e. The van der Waals surface area contributed by atoms with Crippen molar-refractivity contribution >= 4 is 17.3 Å². The first-order chi connectivity index (χ1) is 9.48. The van der Waals surface area contributed by atoms with Crippen LogP contribution in [0.15, 0.2) is 0 Å². The summed E-state index contributed by atoms with van der Waals surface area (Å²) < 4.78 is 0. The molecule has 0 amide bonds. The minimum atomic E-state index is -0.739. The van der Waals surface area contributed by atoms with Gasteiger partial charge >= 0.3 is 5.97 Å². The smallest absolute Gasteiger partial charge is 0.303 e. The van der Waals surface area contributed by atoms with Gasteiger partial charge in [-0.1, -0.05) is 41.5 Å².